The molecule has 2 aromatic heterocycles. The van der Waals surface area contributed by atoms with Gasteiger partial charge in [-0.05, 0) is 18.6 Å². The van der Waals surface area contributed by atoms with Crippen LogP contribution in [0.1, 0.15) is 11.4 Å². The molecule has 0 bridgehead atoms. The van der Waals surface area contributed by atoms with Crippen LogP contribution in [0.2, 0.25) is 10.2 Å². The average molecular weight is 293 g/mol. The van der Waals surface area contributed by atoms with Crippen molar-refractivity contribution in [3.05, 3.63) is 52.0 Å². The number of benzene rings is 1. The Balaban J connectivity index is 2.09. The third-order valence-corrected chi connectivity index (χ3v) is 3.50. The minimum absolute atomic E-state index is 0.424. The number of halogens is 2. The van der Waals surface area contributed by atoms with Crippen LogP contribution in [0.4, 0.5) is 0 Å². The predicted octanol–water partition coefficient (Wildman–Crippen LogP) is 3.49. The molecule has 0 aliphatic rings. The van der Waals surface area contributed by atoms with E-state index >= 15 is 0 Å². The molecule has 3 rings (SSSR count). The van der Waals surface area contributed by atoms with E-state index in [2.05, 4.69) is 15.1 Å². The monoisotopic (exact) mass is 292 g/mol. The van der Waals surface area contributed by atoms with Gasteiger partial charge in [0.15, 0.2) is 5.65 Å². The normalized spacial score (nSPS) is 11.1. The van der Waals surface area contributed by atoms with Gasteiger partial charge in [-0.25, -0.2) is 14.6 Å². The minimum atomic E-state index is 0.424. The van der Waals surface area contributed by atoms with Gasteiger partial charge in [0.25, 0.3) is 0 Å². The lowest BCUT2D eigenvalue weighted by molar-refractivity contribution is 0.702. The van der Waals surface area contributed by atoms with Gasteiger partial charge in [0.2, 0.25) is 0 Å². The van der Waals surface area contributed by atoms with Crippen LogP contribution in [0.5, 0.6) is 0 Å². The molecule has 3 aromatic rings. The second-order valence-corrected chi connectivity index (χ2v) is 4.96. The molecule has 0 saturated heterocycles. The van der Waals surface area contributed by atoms with E-state index in [9.17, 15) is 0 Å². The average Bonchev–Trinajstić information content (AvgIpc) is 2.76. The van der Waals surface area contributed by atoms with E-state index in [4.69, 9.17) is 23.2 Å². The Hall–Kier alpha value is -1.65. The SMILES string of the molecule is Cc1nc(Cl)c2cnn(Cc3ccccc3Cl)c2n1. The van der Waals surface area contributed by atoms with Crippen LogP contribution in [0.25, 0.3) is 11.0 Å². The third kappa shape index (κ3) is 2.29. The van der Waals surface area contributed by atoms with Crippen molar-refractivity contribution < 1.29 is 0 Å². The van der Waals surface area contributed by atoms with Gasteiger partial charge in [-0.15, -0.1) is 0 Å². The van der Waals surface area contributed by atoms with Gasteiger partial charge >= 0.3 is 0 Å². The number of hydrogen-bond donors (Lipinski definition) is 0. The lowest BCUT2D eigenvalue weighted by atomic mass is 10.2. The Morgan fingerprint density at radius 3 is 2.74 bits per heavy atom. The highest BCUT2D eigenvalue weighted by Crippen LogP contribution is 2.22. The first-order chi connectivity index (χ1) is 9.15. The molecule has 0 fully saturated rings. The van der Waals surface area contributed by atoms with Crippen LogP contribution in [-0.4, -0.2) is 19.7 Å². The molecule has 1 aromatic carbocycles. The maximum Gasteiger partial charge on any atom is 0.163 e. The van der Waals surface area contributed by atoms with Crippen molar-refractivity contribution in [1.82, 2.24) is 19.7 Å². The Labute approximate surface area is 120 Å². The van der Waals surface area contributed by atoms with Crippen LogP contribution >= 0.6 is 23.2 Å². The van der Waals surface area contributed by atoms with Crippen LogP contribution in [0.3, 0.4) is 0 Å². The highest BCUT2D eigenvalue weighted by atomic mass is 35.5. The van der Waals surface area contributed by atoms with E-state index < -0.39 is 0 Å². The van der Waals surface area contributed by atoms with Gasteiger partial charge in [-0.1, -0.05) is 41.4 Å². The molecule has 0 aliphatic carbocycles. The van der Waals surface area contributed by atoms with E-state index in [0.29, 0.717) is 22.5 Å². The Morgan fingerprint density at radius 1 is 1.16 bits per heavy atom. The van der Waals surface area contributed by atoms with Crippen molar-refractivity contribution in [2.45, 2.75) is 13.5 Å². The first kappa shape index (κ1) is 12.4. The summed E-state index contributed by atoms with van der Waals surface area (Å²) < 4.78 is 1.77. The summed E-state index contributed by atoms with van der Waals surface area (Å²) in [4.78, 5) is 8.50. The first-order valence-corrected chi connectivity index (χ1v) is 6.50. The lowest BCUT2D eigenvalue weighted by Gasteiger charge is -2.05. The summed E-state index contributed by atoms with van der Waals surface area (Å²) in [5, 5.41) is 6.19. The van der Waals surface area contributed by atoms with Crippen LogP contribution in [0.15, 0.2) is 30.5 Å². The van der Waals surface area contributed by atoms with Crippen molar-refractivity contribution in [3.63, 3.8) is 0 Å². The summed E-state index contributed by atoms with van der Waals surface area (Å²) in [6.07, 6.45) is 1.67. The lowest BCUT2D eigenvalue weighted by Crippen LogP contribution is -2.04. The van der Waals surface area contributed by atoms with Gasteiger partial charge in [-0.3, -0.25) is 0 Å². The maximum atomic E-state index is 6.15. The Kier molecular flexibility index (Phi) is 3.12. The van der Waals surface area contributed by atoms with Gasteiger partial charge < -0.3 is 0 Å². The van der Waals surface area contributed by atoms with Crippen molar-refractivity contribution in [3.8, 4) is 0 Å². The van der Waals surface area contributed by atoms with Crippen LogP contribution < -0.4 is 0 Å². The summed E-state index contributed by atoms with van der Waals surface area (Å²) in [5.74, 6) is 0.624. The van der Waals surface area contributed by atoms with E-state index in [0.717, 1.165) is 16.6 Å². The molecule has 19 heavy (non-hydrogen) atoms. The fourth-order valence-electron chi connectivity index (χ4n) is 1.93. The molecule has 0 amide bonds. The van der Waals surface area contributed by atoms with Gasteiger partial charge in [-0.2, -0.15) is 5.10 Å². The second kappa shape index (κ2) is 4.79. The van der Waals surface area contributed by atoms with Crippen molar-refractivity contribution in [1.29, 1.82) is 0 Å². The zero-order valence-corrected chi connectivity index (χ0v) is 11.7. The molecule has 2 heterocycles. The first-order valence-electron chi connectivity index (χ1n) is 5.74. The highest BCUT2D eigenvalue weighted by molar-refractivity contribution is 6.33. The number of aryl methyl sites for hydroxylation is 1. The minimum Gasteiger partial charge on any atom is -0.243 e. The maximum absolute atomic E-state index is 6.15. The fourth-order valence-corrected chi connectivity index (χ4v) is 2.38. The van der Waals surface area contributed by atoms with Crippen molar-refractivity contribution >= 4 is 34.2 Å². The molecule has 0 spiro atoms. The number of hydrogen-bond acceptors (Lipinski definition) is 3. The highest BCUT2D eigenvalue weighted by Gasteiger charge is 2.11. The summed E-state index contributed by atoms with van der Waals surface area (Å²) in [7, 11) is 0. The number of aromatic nitrogens is 4. The Bertz CT molecular complexity index is 751. The van der Waals surface area contributed by atoms with Gasteiger partial charge in [0.05, 0.1) is 18.1 Å². The molecule has 0 radical (unpaired) electrons. The fraction of sp³-hybridized carbons (Fsp3) is 0.154. The molecular weight excluding hydrogens is 283 g/mol. The van der Waals surface area contributed by atoms with Crippen LogP contribution in [-0.2, 0) is 6.54 Å². The largest absolute Gasteiger partial charge is 0.243 e. The smallest absolute Gasteiger partial charge is 0.163 e. The quantitative estimate of drug-likeness (QED) is 0.679. The molecule has 0 unspecified atom stereocenters. The molecule has 0 atom stereocenters. The molecule has 4 nitrogen and oxygen atoms in total. The molecular formula is C13H10Cl2N4. The van der Waals surface area contributed by atoms with Gasteiger partial charge in [0, 0.05) is 5.02 Å². The third-order valence-electron chi connectivity index (χ3n) is 2.84. The summed E-state index contributed by atoms with van der Waals surface area (Å²) in [6.45, 7) is 2.36. The summed E-state index contributed by atoms with van der Waals surface area (Å²) >= 11 is 12.2. The van der Waals surface area contributed by atoms with Crippen molar-refractivity contribution in [2.24, 2.45) is 0 Å². The Morgan fingerprint density at radius 2 is 1.95 bits per heavy atom. The zero-order valence-electron chi connectivity index (χ0n) is 10.1. The van der Waals surface area contributed by atoms with Crippen molar-refractivity contribution in [2.75, 3.05) is 0 Å². The van der Waals surface area contributed by atoms with E-state index in [1.807, 2.05) is 24.3 Å². The summed E-state index contributed by atoms with van der Waals surface area (Å²) in [5.41, 5.74) is 1.71. The van der Waals surface area contributed by atoms with Gasteiger partial charge in [0.1, 0.15) is 11.0 Å². The number of rotatable bonds is 2. The van der Waals surface area contributed by atoms with Crippen LogP contribution in [0, 0.1) is 6.92 Å². The molecule has 0 aliphatic heterocycles. The second-order valence-electron chi connectivity index (χ2n) is 4.19. The predicted molar refractivity (Wildman–Crippen MR) is 75.6 cm³/mol. The molecule has 96 valence electrons. The standard InChI is InChI=1S/C13H10Cl2N4/c1-8-17-12(15)10-6-16-19(13(10)18-8)7-9-4-2-3-5-11(9)14/h2-6H,7H2,1H3. The topological polar surface area (TPSA) is 43.6 Å². The number of fused-ring (bicyclic) bond motifs is 1. The summed E-state index contributed by atoms with van der Waals surface area (Å²) in [6, 6.07) is 7.66. The molecule has 6 heteroatoms. The van der Waals surface area contributed by atoms with E-state index in [1.54, 1.807) is 17.8 Å². The van der Waals surface area contributed by atoms with E-state index in [-0.39, 0.29) is 0 Å². The molecule has 0 N–H and O–H groups in total. The number of nitrogens with zero attached hydrogens (tertiary/aromatic N) is 4. The molecule has 0 saturated carbocycles. The van der Waals surface area contributed by atoms with E-state index in [1.165, 1.54) is 0 Å². The zero-order chi connectivity index (χ0) is 13.4.